The van der Waals surface area contributed by atoms with Crippen LogP contribution in [0, 0.1) is 5.92 Å². The Bertz CT molecular complexity index is 608. The van der Waals surface area contributed by atoms with Crippen LogP contribution >= 0.6 is 11.8 Å². The van der Waals surface area contributed by atoms with E-state index in [-0.39, 0.29) is 11.8 Å². The van der Waals surface area contributed by atoms with Crippen LogP contribution in [0.2, 0.25) is 0 Å². The lowest BCUT2D eigenvalue weighted by atomic mass is 9.93. The number of carbonyl (C=O) groups is 1. The Morgan fingerprint density at radius 3 is 2.90 bits per heavy atom. The molecule has 21 heavy (non-hydrogen) atoms. The normalized spacial score (nSPS) is 19.0. The lowest BCUT2D eigenvalue weighted by molar-refractivity contribution is -0.121. The maximum Gasteiger partial charge on any atom is 0.240 e. The van der Waals surface area contributed by atoms with Crippen molar-refractivity contribution in [1.29, 1.82) is 0 Å². The maximum absolute atomic E-state index is 11.3. The van der Waals surface area contributed by atoms with Crippen LogP contribution in [0.1, 0.15) is 25.8 Å². The van der Waals surface area contributed by atoms with Crippen molar-refractivity contribution < 1.29 is 9.53 Å². The highest BCUT2D eigenvalue weighted by atomic mass is 32.2. The molecule has 0 aromatic heterocycles. The van der Waals surface area contributed by atoms with Crippen LogP contribution < -0.4 is 10.2 Å². The van der Waals surface area contributed by atoms with E-state index >= 15 is 0 Å². The van der Waals surface area contributed by atoms with Gasteiger partial charge < -0.3 is 4.74 Å². The first-order valence-corrected chi connectivity index (χ1v) is 8.05. The van der Waals surface area contributed by atoms with Crippen molar-refractivity contribution in [1.82, 2.24) is 5.43 Å². The molecule has 1 unspecified atom stereocenters. The molecule has 1 aliphatic rings. The number of benzene rings is 1. The summed E-state index contributed by atoms with van der Waals surface area (Å²) < 4.78 is 5.40. The first-order chi connectivity index (χ1) is 10.1. The zero-order valence-electron chi connectivity index (χ0n) is 12.8. The summed E-state index contributed by atoms with van der Waals surface area (Å²) >= 11 is 1.66. The van der Waals surface area contributed by atoms with E-state index < -0.39 is 0 Å². The van der Waals surface area contributed by atoms with Crippen molar-refractivity contribution in [2.75, 3.05) is 13.4 Å². The van der Waals surface area contributed by atoms with E-state index in [0.717, 1.165) is 27.5 Å². The number of hydrogen-bond acceptors (Lipinski definition) is 4. The van der Waals surface area contributed by atoms with Crippen LogP contribution in [0.5, 0.6) is 5.75 Å². The first kappa shape index (κ1) is 15.6. The highest BCUT2D eigenvalue weighted by Gasteiger charge is 2.21. The predicted molar refractivity (Wildman–Crippen MR) is 87.8 cm³/mol. The second-order valence-electron chi connectivity index (χ2n) is 5.05. The molecule has 4 nitrogen and oxygen atoms in total. The number of ether oxygens (including phenoxy) is 1. The van der Waals surface area contributed by atoms with E-state index in [1.807, 2.05) is 32.2 Å². The van der Waals surface area contributed by atoms with E-state index in [1.165, 1.54) is 0 Å². The van der Waals surface area contributed by atoms with Crippen LogP contribution in [0.3, 0.4) is 0 Å². The van der Waals surface area contributed by atoms with Gasteiger partial charge in [-0.3, -0.25) is 4.79 Å². The predicted octanol–water partition coefficient (Wildman–Crippen LogP) is 3.33. The van der Waals surface area contributed by atoms with Gasteiger partial charge in [0.1, 0.15) is 5.75 Å². The summed E-state index contributed by atoms with van der Waals surface area (Å²) in [5, 5.41) is 4.20. The number of carbonyl (C=O) groups excluding carboxylic acids is 1. The zero-order valence-corrected chi connectivity index (χ0v) is 13.6. The van der Waals surface area contributed by atoms with Crippen LogP contribution in [0.25, 0.3) is 6.08 Å². The Morgan fingerprint density at radius 2 is 2.29 bits per heavy atom. The summed E-state index contributed by atoms with van der Waals surface area (Å²) in [6, 6.07) is 6.00. The van der Waals surface area contributed by atoms with Gasteiger partial charge in [0.2, 0.25) is 5.91 Å². The third kappa shape index (κ3) is 3.47. The smallest absolute Gasteiger partial charge is 0.240 e. The number of nitrogens with one attached hydrogen (secondary N) is 1. The minimum atomic E-state index is -0.0229. The number of rotatable bonds is 4. The number of allylic oxidation sites excluding steroid dienone is 1. The van der Waals surface area contributed by atoms with Crippen LogP contribution in [-0.4, -0.2) is 25.0 Å². The van der Waals surface area contributed by atoms with Gasteiger partial charge in [-0.1, -0.05) is 19.1 Å². The van der Waals surface area contributed by atoms with Gasteiger partial charge >= 0.3 is 0 Å². The molecular formula is C16H20N2O2S. The van der Waals surface area contributed by atoms with Gasteiger partial charge in [-0.15, -0.1) is 11.8 Å². The molecule has 0 aliphatic carbocycles. The third-order valence-corrected chi connectivity index (χ3v) is 4.31. The Balaban J connectivity index is 2.37. The fourth-order valence-corrected chi connectivity index (χ4v) is 3.18. The molecule has 1 N–H and O–H groups in total. The summed E-state index contributed by atoms with van der Waals surface area (Å²) in [5.74, 6) is 0.986. The molecular weight excluding hydrogens is 284 g/mol. The fraction of sp³-hybridized carbons (Fsp3) is 0.375. The molecule has 0 fully saturated rings. The molecule has 0 bridgehead atoms. The minimum Gasteiger partial charge on any atom is -0.496 e. The molecule has 1 heterocycles. The van der Waals surface area contributed by atoms with Crippen molar-refractivity contribution in [3.8, 4) is 5.75 Å². The summed E-state index contributed by atoms with van der Waals surface area (Å²) in [5.41, 5.74) is 5.66. The molecule has 0 saturated carbocycles. The fourth-order valence-electron chi connectivity index (χ4n) is 2.46. The quantitative estimate of drug-likeness (QED) is 0.868. The number of amides is 1. The van der Waals surface area contributed by atoms with Gasteiger partial charge in [0.05, 0.1) is 17.7 Å². The van der Waals surface area contributed by atoms with Gasteiger partial charge in [-0.05, 0) is 36.5 Å². The molecule has 1 aromatic rings. The van der Waals surface area contributed by atoms with Crippen molar-refractivity contribution in [3.63, 3.8) is 0 Å². The summed E-state index contributed by atoms with van der Waals surface area (Å²) in [7, 11) is 1.68. The summed E-state index contributed by atoms with van der Waals surface area (Å²) in [4.78, 5) is 12.4. The van der Waals surface area contributed by atoms with Crippen molar-refractivity contribution in [3.05, 3.63) is 29.3 Å². The monoisotopic (exact) mass is 304 g/mol. The van der Waals surface area contributed by atoms with Gasteiger partial charge in [0.25, 0.3) is 0 Å². The Hall–Kier alpha value is -1.75. The van der Waals surface area contributed by atoms with Gasteiger partial charge in [0, 0.05) is 12.3 Å². The van der Waals surface area contributed by atoms with Crippen LogP contribution in [-0.2, 0) is 4.79 Å². The topological polar surface area (TPSA) is 50.7 Å². The Morgan fingerprint density at radius 1 is 1.52 bits per heavy atom. The number of methoxy groups -OCH3 is 1. The molecule has 1 aromatic carbocycles. The molecule has 1 atom stereocenters. The van der Waals surface area contributed by atoms with E-state index in [4.69, 9.17) is 4.74 Å². The van der Waals surface area contributed by atoms with Crippen molar-refractivity contribution in [2.24, 2.45) is 11.0 Å². The van der Waals surface area contributed by atoms with E-state index in [2.05, 4.69) is 22.7 Å². The van der Waals surface area contributed by atoms with Gasteiger partial charge in [-0.25, -0.2) is 5.43 Å². The SMILES string of the molecule is COc1cccc(C=C(C)C2=NNC(=O)CC2C)c1SC. The number of hydrogen-bond donors (Lipinski definition) is 1. The van der Waals surface area contributed by atoms with E-state index in [1.54, 1.807) is 18.9 Å². The molecule has 1 amide bonds. The average Bonchev–Trinajstić information content (AvgIpc) is 2.46. The van der Waals surface area contributed by atoms with E-state index in [9.17, 15) is 4.79 Å². The Kier molecular flexibility index (Phi) is 5.07. The average molecular weight is 304 g/mol. The molecule has 0 saturated heterocycles. The molecule has 0 spiro atoms. The standard InChI is InChI=1S/C16H20N2O2S/c1-10(15-11(2)9-14(19)17-18-15)8-12-6-5-7-13(20-3)16(12)21-4/h5-8,11H,9H2,1-4H3,(H,17,19). The highest BCUT2D eigenvalue weighted by molar-refractivity contribution is 7.98. The van der Waals surface area contributed by atoms with Crippen molar-refractivity contribution in [2.45, 2.75) is 25.2 Å². The minimum absolute atomic E-state index is 0.0229. The van der Waals surface area contributed by atoms with E-state index in [0.29, 0.717) is 6.42 Å². The third-order valence-electron chi connectivity index (χ3n) is 3.47. The van der Waals surface area contributed by atoms with Crippen LogP contribution in [0.15, 0.2) is 33.8 Å². The molecule has 112 valence electrons. The lowest BCUT2D eigenvalue weighted by Crippen LogP contribution is -2.31. The largest absolute Gasteiger partial charge is 0.496 e. The molecule has 2 rings (SSSR count). The first-order valence-electron chi connectivity index (χ1n) is 6.83. The Labute approximate surface area is 129 Å². The van der Waals surface area contributed by atoms with Crippen molar-refractivity contribution >= 4 is 29.5 Å². The number of nitrogens with zero attached hydrogens (tertiary/aromatic N) is 1. The van der Waals surface area contributed by atoms with Crippen LogP contribution in [0.4, 0.5) is 0 Å². The maximum atomic E-state index is 11.3. The second kappa shape index (κ2) is 6.80. The molecule has 0 radical (unpaired) electrons. The van der Waals surface area contributed by atoms with Gasteiger partial charge in [0.15, 0.2) is 0 Å². The number of hydrazone groups is 1. The highest BCUT2D eigenvalue weighted by Crippen LogP contribution is 2.32. The zero-order chi connectivity index (χ0) is 15.4. The lowest BCUT2D eigenvalue weighted by Gasteiger charge is -2.19. The summed E-state index contributed by atoms with van der Waals surface area (Å²) in [6.07, 6.45) is 4.62. The molecule has 5 heteroatoms. The number of thioether (sulfide) groups is 1. The summed E-state index contributed by atoms with van der Waals surface area (Å²) in [6.45, 7) is 4.05. The van der Waals surface area contributed by atoms with Gasteiger partial charge in [-0.2, -0.15) is 5.10 Å². The molecule has 1 aliphatic heterocycles. The second-order valence-corrected chi connectivity index (χ2v) is 5.86.